The highest BCUT2D eigenvalue weighted by Gasteiger charge is 2.15. The summed E-state index contributed by atoms with van der Waals surface area (Å²) in [6, 6.07) is 10.9. The third-order valence-electron chi connectivity index (χ3n) is 2.73. The zero-order chi connectivity index (χ0) is 14.1. The molecule has 0 aliphatic carbocycles. The minimum Gasteiger partial charge on any atom is -0.478 e. The molecule has 0 fully saturated rings. The van der Waals surface area contributed by atoms with Gasteiger partial charge in [-0.15, -0.1) is 0 Å². The van der Waals surface area contributed by atoms with Gasteiger partial charge in [-0.05, 0) is 38.8 Å². The van der Waals surface area contributed by atoms with Crippen LogP contribution in [0.4, 0.5) is 0 Å². The van der Waals surface area contributed by atoms with Crippen LogP contribution in [0.3, 0.4) is 0 Å². The summed E-state index contributed by atoms with van der Waals surface area (Å²) in [5.74, 6) is -0.737. The summed E-state index contributed by atoms with van der Waals surface area (Å²) in [5, 5.41) is 13.3. The first-order valence-corrected chi connectivity index (χ1v) is 7.36. The van der Waals surface area contributed by atoms with Crippen LogP contribution in [-0.4, -0.2) is 16.1 Å². The highest BCUT2D eigenvalue weighted by Crippen LogP contribution is 2.32. The van der Waals surface area contributed by atoms with E-state index in [4.69, 9.17) is 4.74 Å². The van der Waals surface area contributed by atoms with Crippen LogP contribution in [0.2, 0.25) is 0 Å². The molecule has 1 heterocycles. The SMILES string of the molecule is O=C(O)c1cc2ccccc2cc1Oc1nc(Br)cs1. The average molecular weight is 350 g/mol. The van der Waals surface area contributed by atoms with Crippen LogP contribution in [0.5, 0.6) is 10.9 Å². The fraction of sp³-hybridized carbons (Fsp3) is 0. The second-order valence-corrected chi connectivity index (χ2v) is 5.67. The van der Waals surface area contributed by atoms with Crippen molar-refractivity contribution in [3.8, 4) is 10.9 Å². The number of hydrogen-bond donors (Lipinski definition) is 1. The number of benzene rings is 2. The van der Waals surface area contributed by atoms with E-state index in [2.05, 4.69) is 20.9 Å². The molecular weight excluding hydrogens is 342 g/mol. The topological polar surface area (TPSA) is 59.4 Å². The van der Waals surface area contributed by atoms with Gasteiger partial charge >= 0.3 is 5.97 Å². The van der Waals surface area contributed by atoms with Crippen molar-refractivity contribution < 1.29 is 14.6 Å². The lowest BCUT2D eigenvalue weighted by atomic mass is 10.1. The zero-order valence-electron chi connectivity index (χ0n) is 10.0. The van der Waals surface area contributed by atoms with E-state index in [1.54, 1.807) is 17.5 Å². The molecule has 0 aliphatic rings. The summed E-state index contributed by atoms with van der Waals surface area (Å²) < 4.78 is 6.26. The molecule has 6 heteroatoms. The van der Waals surface area contributed by atoms with E-state index in [1.165, 1.54) is 11.3 Å². The molecule has 0 spiro atoms. The number of ether oxygens (including phenoxy) is 1. The molecule has 0 amide bonds. The van der Waals surface area contributed by atoms with Gasteiger partial charge in [0.05, 0.1) is 0 Å². The Bertz CT molecular complexity index is 800. The molecule has 4 nitrogen and oxygen atoms in total. The van der Waals surface area contributed by atoms with E-state index in [1.807, 2.05) is 24.3 Å². The molecule has 0 saturated heterocycles. The highest BCUT2D eigenvalue weighted by molar-refractivity contribution is 9.10. The molecule has 1 N–H and O–H groups in total. The van der Waals surface area contributed by atoms with Crippen LogP contribution < -0.4 is 4.74 Å². The summed E-state index contributed by atoms with van der Waals surface area (Å²) in [6.07, 6.45) is 0. The van der Waals surface area contributed by atoms with Gasteiger partial charge in [-0.3, -0.25) is 0 Å². The van der Waals surface area contributed by atoms with E-state index in [0.29, 0.717) is 9.80 Å². The number of carboxylic acids is 1. The molecule has 2 aromatic carbocycles. The highest BCUT2D eigenvalue weighted by atomic mass is 79.9. The Kier molecular flexibility index (Phi) is 3.42. The molecule has 3 rings (SSSR count). The van der Waals surface area contributed by atoms with Crippen LogP contribution in [-0.2, 0) is 0 Å². The first-order chi connectivity index (χ1) is 9.63. The monoisotopic (exact) mass is 349 g/mol. The number of carbonyl (C=O) groups is 1. The number of fused-ring (bicyclic) bond motifs is 1. The number of carboxylic acid groups (broad SMARTS) is 1. The summed E-state index contributed by atoms with van der Waals surface area (Å²) in [7, 11) is 0. The number of aromatic carboxylic acids is 1. The first kappa shape index (κ1) is 13.1. The van der Waals surface area contributed by atoms with Crippen molar-refractivity contribution in [2.45, 2.75) is 0 Å². The second kappa shape index (κ2) is 5.22. The van der Waals surface area contributed by atoms with E-state index >= 15 is 0 Å². The summed E-state index contributed by atoms with van der Waals surface area (Å²) in [4.78, 5) is 15.5. The van der Waals surface area contributed by atoms with Gasteiger partial charge in [0.15, 0.2) is 0 Å². The first-order valence-electron chi connectivity index (χ1n) is 5.68. The summed E-state index contributed by atoms with van der Waals surface area (Å²) >= 11 is 4.53. The maximum absolute atomic E-state index is 11.4. The fourth-order valence-electron chi connectivity index (χ4n) is 1.85. The van der Waals surface area contributed by atoms with Crippen molar-refractivity contribution >= 4 is 44.0 Å². The molecule has 0 aliphatic heterocycles. The molecule has 20 heavy (non-hydrogen) atoms. The smallest absolute Gasteiger partial charge is 0.339 e. The summed E-state index contributed by atoms with van der Waals surface area (Å²) in [6.45, 7) is 0. The summed E-state index contributed by atoms with van der Waals surface area (Å²) in [5.41, 5.74) is 0.120. The second-order valence-electron chi connectivity index (χ2n) is 4.04. The van der Waals surface area contributed by atoms with Crippen LogP contribution in [0.25, 0.3) is 10.8 Å². The normalized spacial score (nSPS) is 10.7. The lowest BCUT2D eigenvalue weighted by Crippen LogP contribution is -2.00. The zero-order valence-corrected chi connectivity index (χ0v) is 12.4. The van der Waals surface area contributed by atoms with Gasteiger partial charge in [-0.25, -0.2) is 4.79 Å². The Labute approximate surface area is 126 Å². The lowest BCUT2D eigenvalue weighted by Gasteiger charge is -2.08. The van der Waals surface area contributed by atoms with Crippen LogP contribution in [0.1, 0.15) is 10.4 Å². The molecule has 0 saturated carbocycles. The molecule has 1 aromatic heterocycles. The van der Waals surface area contributed by atoms with E-state index in [0.717, 1.165) is 10.8 Å². The van der Waals surface area contributed by atoms with Crippen LogP contribution >= 0.6 is 27.3 Å². The maximum atomic E-state index is 11.4. The maximum Gasteiger partial charge on any atom is 0.339 e. The van der Waals surface area contributed by atoms with Gasteiger partial charge in [0.1, 0.15) is 15.9 Å². The molecule has 0 bridgehead atoms. The number of nitrogens with zero attached hydrogens (tertiary/aromatic N) is 1. The van der Waals surface area contributed by atoms with E-state index < -0.39 is 5.97 Å². The van der Waals surface area contributed by atoms with Gasteiger partial charge in [0.2, 0.25) is 0 Å². The van der Waals surface area contributed by atoms with Gasteiger partial charge < -0.3 is 9.84 Å². The van der Waals surface area contributed by atoms with Crippen molar-refractivity contribution in [3.05, 3.63) is 51.9 Å². The minimum atomic E-state index is -1.03. The predicted octanol–water partition coefficient (Wildman–Crippen LogP) is 4.55. The van der Waals surface area contributed by atoms with E-state index in [-0.39, 0.29) is 11.3 Å². The van der Waals surface area contributed by atoms with Crippen molar-refractivity contribution in [2.24, 2.45) is 0 Å². The standard InChI is InChI=1S/C14H8BrNO3S/c15-12-7-20-14(16-12)19-11-6-9-4-2-1-3-8(9)5-10(11)13(17)18/h1-7H,(H,17,18). The Morgan fingerprint density at radius 3 is 2.55 bits per heavy atom. The van der Waals surface area contributed by atoms with Gasteiger partial charge in [0.25, 0.3) is 5.19 Å². The number of hydrogen-bond acceptors (Lipinski definition) is 4. The van der Waals surface area contributed by atoms with Crippen LogP contribution in [0.15, 0.2) is 46.4 Å². The Morgan fingerprint density at radius 1 is 1.25 bits per heavy atom. The average Bonchev–Trinajstić information content (AvgIpc) is 2.83. The van der Waals surface area contributed by atoms with Crippen molar-refractivity contribution in [1.82, 2.24) is 4.98 Å². The molecule has 0 radical (unpaired) electrons. The van der Waals surface area contributed by atoms with Gasteiger partial charge in [-0.1, -0.05) is 35.6 Å². The number of thiazole rings is 1. The van der Waals surface area contributed by atoms with E-state index in [9.17, 15) is 9.90 Å². The molecular formula is C14H8BrNO3S. The third kappa shape index (κ3) is 2.52. The Morgan fingerprint density at radius 2 is 1.95 bits per heavy atom. The fourth-order valence-corrected chi connectivity index (χ4v) is 2.95. The molecule has 0 unspecified atom stereocenters. The van der Waals surface area contributed by atoms with Crippen molar-refractivity contribution in [1.29, 1.82) is 0 Å². The number of rotatable bonds is 3. The molecule has 3 aromatic rings. The quantitative estimate of drug-likeness (QED) is 0.753. The molecule has 0 atom stereocenters. The number of halogens is 1. The Balaban J connectivity index is 2.11. The van der Waals surface area contributed by atoms with Gasteiger partial charge in [-0.2, -0.15) is 4.98 Å². The lowest BCUT2D eigenvalue weighted by molar-refractivity contribution is 0.0694. The largest absolute Gasteiger partial charge is 0.478 e. The Hall–Kier alpha value is -1.92. The van der Waals surface area contributed by atoms with Crippen LogP contribution in [0, 0.1) is 0 Å². The third-order valence-corrected chi connectivity index (χ3v) is 4.16. The predicted molar refractivity (Wildman–Crippen MR) is 80.8 cm³/mol. The molecule has 100 valence electrons. The van der Waals surface area contributed by atoms with Crippen molar-refractivity contribution in [3.63, 3.8) is 0 Å². The van der Waals surface area contributed by atoms with Gasteiger partial charge in [0, 0.05) is 5.38 Å². The number of aromatic nitrogens is 1. The minimum absolute atomic E-state index is 0.120. The van der Waals surface area contributed by atoms with Crippen molar-refractivity contribution in [2.75, 3.05) is 0 Å².